The van der Waals surface area contributed by atoms with Crippen molar-refractivity contribution < 1.29 is 0 Å². The van der Waals surface area contributed by atoms with Gasteiger partial charge in [0.15, 0.2) is 0 Å². The van der Waals surface area contributed by atoms with Crippen LogP contribution in [0.4, 0.5) is 0 Å². The van der Waals surface area contributed by atoms with Gasteiger partial charge >= 0.3 is 0 Å². The van der Waals surface area contributed by atoms with Crippen LogP contribution in [0.3, 0.4) is 0 Å². The van der Waals surface area contributed by atoms with Crippen LogP contribution in [0.25, 0.3) is 0 Å². The number of nitrogens with zero attached hydrogens (tertiary/aromatic N) is 1. The van der Waals surface area contributed by atoms with Crippen LogP contribution in [0.5, 0.6) is 0 Å². The van der Waals surface area contributed by atoms with Crippen molar-refractivity contribution in [2.75, 3.05) is 26.2 Å². The lowest BCUT2D eigenvalue weighted by Gasteiger charge is -2.22. The quantitative estimate of drug-likeness (QED) is 0.591. The molecule has 0 aromatic heterocycles. The first-order valence-corrected chi connectivity index (χ1v) is 3.41. The molecule has 2 aliphatic rings. The molecular formula is C6H14Cl2N2. The van der Waals surface area contributed by atoms with E-state index in [4.69, 9.17) is 0 Å². The van der Waals surface area contributed by atoms with Gasteiger partial charge in [-0.25, -0.2) is 0 Å². The molecule has 4 heteroatoms. The molecule has 2 aliphatic heterocycles. The lowest BCUT2D eigenvalue weighted by molar-refractivity contribution is 0.289. The van der Waals surface area contributed by atoms with Crippen molar-refractivity contribution in [1.29, 1.82) is 0 Å². The minimum absolute atomic E-state index is 0. The molecule has 0 spiro atoms. The highest BCUT2D eigenvalue weighted by molar-refractivity contribution is 5.85. The van der Waals surface area contributed by atoms with Crippen molar-refractivity contribution in [2.45, 2.75) is 12.5 Å². The highest BCUT2D eigenvalue weighted by Crippen LogP contribution is 2.10. The van der Waals surface area contributed by atoms with Crippen molar-refractivity contribution in [3.05, 3.63) is 0 Å². The zero-order chi connectivity index (χ0) is 5.40. The Morgan fingerprint density at radius 2 is 2.00 bits per heavy atom. The van der Waals surface area contributed by atoms with Crippen molar-refractivity contribution in [3.63, 3.8) is 0 Å². The number of nitrogens with one attached hydrogen (secondary N) is 1. The fourth-order valence-electron chi connectivity index (χ4n) is 1.63. The van der Waals surface area contributed by atoms with Crippen molar-refractivity contribution in [3.8, 4) is 0 Å². The second kappa shape index (κ2) is 4.39. The Labute approximate surface area is 74.2 Å². The summed E-state index contributed by atoms with van der Waals surface area (Å²) in [5, 5.41) is 3.47. The molecule has 0 amide bonds. The molecule has 1 N–H and O–H groups in total. The predicted molar refractivity (Wildman–Crippen MR) is 47.3 cm³/mol. The van der Waals surface area contributed by atoms with Gasteiger partial charge in [0.05, 0.1) is 0 Å². The second-order valence-corrected chi connectivity index (χ2v) is 2.74. The zero-order valence-electron chi connectivity index (χ0n) is 5.88. The Balaban J connectivity index is 0.000000405. The van der Waals surface area contributed by atoms with Crippen LogP contribution < -0.4 is 5.32 Å². The van der Waals surface area contributed by atoms with E-state index in [1.54, 1.807) is 0 Å². The predicted octanol–water partition coefficient (Wildman–Crippen LogP) is 0.507. The summed E-state index contributed by atoms with van der Waals surface area (Å²) in [6.07, 6.45) is 1.38. The first kappa shape index (κ1) is 10.5. The summed E-state index contributed by atoms with van der Waals surface area (Å²) < 4.78 is 0. The maximum absolute atomic E-state index is 3.47. The second-order valence-electron chi connectivity index (χ2n) is 2.74. The summed E-state index contributed by atoms with van der Waals surface area (Å²) in [6.45, 7) is 5.12. The number of fused-ring (bicyclic) bond motifs is 2. The minimum Gasteiger partial charge on any atom is -0.311 e. The molecule has 0 aliphatic carbocycles. The van der Waals surface area contributed by atoms with Gasteiger partial charge in [0.1, 0.15) is 0 Å². The normalized spacial score (nSPS) is 36.0. The van der Waals surface area contributed by atoms with E-state index in [-0.39, 0.29) is 24.8 Å². The lowest BCUT2D eigenvalue weighted by Crippen LogP contribution is -2.42. The molecule has 2 saturated heterocycles. The molecule has 2 atom stereocenters. The van der Waals surface area contributed by atoms with Gasteiger partial charge in [0.25, 0.3) is 0 Å². The monoisotopic (exact) mass is 184 g/mol. The molecule has 2 bridgehead atoms. The average Bonchev–Trinajstić information content (AvgIpc) is 2.12. The Hall–Kier alpha value is 0.500. The summed E-state index contributed by atoms with van der Waals surface area (Å²) in [4.78, 5) is 2.53. The third kappa shape index (κ3) is 1.99. The summed E-state index contributed by atoms with van der Waals surface area (Å²) in [6, 6.07) is 0.837. The molecule has 10 heavy (non-hydrogen) atoms. The third-order valence-electron chi connectivity index (χ3n) is 2.13. The van der Waals surface area contributed by atoms with E-state index >= 15 is 0 Å². The fraction of sp³-hybridized carbons (Fsp3) is 1.00. The van der Waals surface area contributed by atoms with E-state index in [1.807, 2.05) is 0 Å². The number of halogens is 2. The molecule has 0 aromatic carbocycles. The Morgan fingerprint density at radius 3 is 2.60 bits per heavy atom. The molecule has 62 valence electrons. The topological polar surface area (TPSA) is 15.3 Å². The maximum Gasteiger partial charge on any atom is 0.0207 e. The number of hydrogen-bond acceptors (Lipinski definition) is 2. The van der Waals surface area contributed by atoms with Crippen LogP contribution in [0, 0.1) is 0 Å². The van der Waals surface area contributed by atoms with Crippen LogP contribution >= 0.6 is 24.8 Å². The molecule has 2 heterocycles. The van der Waals surface area contributed by atoms with Crippen molar-refractivity contribution in [2.24, 2.45) is 0 Å². The molecule has 2 nitrogen and oxygen atoms in total. The van der Waals surface area contributed by atoms with Gasteiger partial charge in [-0.1, -0.05) is 0 Å². The van der Waals surface area contributed by atoms with Crippen LogP contribution in [0.2, 0.25) is 0 Å². The zero-order valence-corrected chi connectivity index (χ0v) is 7.51. The molecule has 0 radical (unpaired) electrons. The highest BCUT2D eigenvalue weighted by atomic mass is 35.5. The summed E-state index contributed by atoms with van der Waals surface area (Å²) in [7, 11) is 0. The molecular weight excluding hydrogens is 171 g/mol. The van der Waals surface area contributed by atoms with Crippen LogP contribution in [-0.2, 0) is 0 Å². The Bertz CT molecular complexity index is 85.7. The van der Waals surface area contributed by atoms with Gasteiger partial charge in [0, 0.05) is 25.7 Å². The number of rotatable bonds is 0. The van der Waals surface area contributed by atoms with Crippen molar-refractivity contribution in [1.82, 2.24) is 10.2 Å². The molecule has 0 aromatic rings. The van der Waals surface area contributed by atoms with Gasteiger partial charge in [-0.05, 0) is 13.0 Å². The van der Waals surface area contributed by atoms with E-state index in [9.17, 15) is 0 Å². The van der Waals surface area contributed by atoms with Gasteiger partial charge in [-0.15, -0.1) is 24.8 Å². The van der Waals surface area contributed by atoms with Gasteiger partial charge < -0.3 is 10.2 Å². The number of hydrogen-bond donors (Lipinski definition) is 1. The average molecular weight is 185 g/mol. The third-order valence-corrected chi connectivity index (χ3v) is 2.13. The molecule has 2 rings (SSSR count). The molecule has 0 saturated carbocycles. The maximum atomic E-state index is 3.47. The van der Waals surface area contributed by atoms with E-state index in [1.165, 1.54) is 32.6 Å². The van der Waals surface area contributed by atoms with Crippen LogP contribution in [0.1, 0.15) is 6.42 Å². The number of piperazine rings is 1. The first-order valence-electron chi connectivity index (χ1n) is 3.41. The molecule has 2 fully saturated rings. The van der Waals surface area contributed by atoms with Gasteiger partial charge in [-0.2, -0.15) is 0 Å². The van der Waals surface area contributed by atoms with Crippen molar-refractivity contribution >= 4 is 24.8 Å². The highest BCUT2D eigenvalue weighted by Gasteiger charge is 2.24. The van der Waals surface area contributed by atoms with Crippen LogP contribution in [-0.4, -0.2) is 37.1 Å². The smallest absolute Gasteiger partial charge is 0.0207 e. The minimum atomic E-state index is 0. The molecule has 1 unspecified atom stereocenters. The van der Waals surface area contributed by atoms with Gasteiger partial charge in [0.2, 0.25) is 0 Å². The SMILES string of the molecule is C1CN2CC[C@@H](C2)N1.Cl.Cl. The Kier molecular flexibility index (Phi) is 4.61. The van der Waals surface area contributed by atoms with E-state index in [0.717, 1.165) is 6.04 Å². The summed E-state index contributed by atoms with van der Waals surface area (Å²) >= 11 is 0. The standard InChI is InChI=1S/C6H12N2.2ClH/c1-3-8-4-2-7-6(1)5-8;;/h6-7H,1-5H2;2*1H/t6-;;/m0../s1. The fourth-order valence-corrected chi connectivity index (χ4v) is 1.63. The largest absolute Gasteiger partial charge is 0.311 e. The summed E-state index contributed by atoms with van der Waals surface area (Å²) in [5.74, 6) is 0. The van der Waals surface area contributed by atoms with Gasteiger partial charge in [-0.3, -0.25) is 0 Å². The Morgan fingerprint density at radius 1 is 1.20 bits per heavy atom. The lowest BCUT2D eigenvalue weighted by atomic mass is 10.2. The van der Waals surface area contributed by atoms with E-state index in [2.05, 4.69) is 10.2 Å². The first-order chi connectivity index (χ1) is 3.95. The van der Waals surface area contributed by atoms with E-state index < -0.39 is 0 Å². The summed E-state index contributed by atoms with van der Waals surface area (Å²) in [5.41, 5.74) is 0. The van der Waals surface area contributed by atoms with Crippen LogP contribution in [0.15, 0.2) is 0 Å². The van der Waals surface area contributed by atoms with E-state index in [0.29, 0.717) is 0 Å².